The maximum absolute atomic E-state index is 12.4. The lowest BCUT2D eigenvalue weighted by atomic mass is 10.1. The van der Waals surface area contributed by atoms with Gasteiger partial charge >= 0.3 is 5.88 Å². The summed E-state index contributed by atoms with van der Waals surface area (Å²) in [4.78, 5) is 30.8. The average molecular weight is 377 g/mol. The molecular formula is C18H11N5O5. The highest BCUT2D eigenvalue weighted by atomic mass is 16.6. The van der Waals surface area contributed by atoms with E-state index in [0.717, 1.165) is 6.07 Å². The highest BCUT2D eigenvalue weighted by Crippen LogP contribution is 2.28. The van der Waals surface area contributed by atoms with Gasteiger partial charge in [-0.2, -0.15) is 4.98 Å². The number of anilines is 1. The molecule has 0 bridgehead atoms. The van der Waals surface area contributed by atoms with Crippen LogP contribution in [0, 0.1) is 10.1 Å². The molecule has 0 aliphatic carbocycles. The van der Waals surface area contributed by atoms with Crippen LogP contribution < -0.4 is 5.32 Å². The van der Waals surface area contributed by atoms with Crippen molar-refractivity contribution in [3.05, 3.63) is 76.7 Å². The molecule has 0 unspecified atom stereocenters. The first-order valence-electron chi connectivity index (χ1n) is 8.02. The van der Waals surface area contributed by atoms with Crippen molar-refractivity contribution in [2.24, 2.45) is 0 Å². The van der Waals surface area contributed by atoms with Gasteiger partial charge in [0.25, 0.3) is 11.8 Å². The number of amides is 1. The molecule has 0 saturated carbocycles. The van der Waals surface area contributed by atoms with Crippen molar-refractivity contribution in [3.63, 3.8) is 0 Å². The number of hydrogen-bond acceptors (Lipinski definition) is 8. The van der Waals surface area contributed by atoms with Gasteiger partial charge in [0, 0.05) is 6.20 Å². The Morgan fingerprint density at radius 1 is 1.07 bits per heavy atom. The Balaban J connectivity index is 1.61. The molecule has 1 aromatic carbocycles. The summed E-state index contributed by atoms with van der Waals surface area (Å²) in [5.41, 5.74) is 1.40. The van der Waals surface area contributed by atoms with Gasteiger partial charge in [-0.3, -0.25) is 19.9 Å². The molecule has 3 heterocycles. The summed E-state index contributed by atoms with van der Waals surface area (Å²) in [5, 5.41) is 17.2. The van der Waals surface area contributed by atoms with Crippen molar-refractivity contribution in [3.8, 4) is 23.0 Å². The number of carbonyl (C=O) groups is 1. The average Bonchev–Trinajstić information content (AvgIpc) is 3.39. The third-order valence-electron chi connectivity index (χ3n) is 3.72. The standard InChI is InChI=1S/C18H11N5O5/c24-17(14-8-9-15(27-14)23(25)26)20-12-6-2-1-5-11(12)18-21-16(22-28-18)13-7-3-4-10-19-13/h1-10H,(H,20,24). The molecule has 0 fully saturated rings. The summed E-state index contributed by atoms with van der Waals surface area (Å²) in [6, 6.07) is 14.4. The number of hydrogen-bond donors (Lipinski definition) is 1. The fourth-order valence-electron chi connectivity index (χ4n) is 2.44. The van der Waals surface area contributed by atoms with E-state index >= 15 is 0 Å². The van der Waals surface area contributed by atoms with Gasteiger partial charge in [-0.15, -0.1) is 0 Å². The Hall–Kier alpha value is -4.34. The maximum Gasteiger partial charge on any atom is 0.433 e. The van der Waals surface area contributed by atoms with Crippen LogP contribution in [-0.4, -0.2) is 26.0 Å². The lowest BCUT2D eigenvalue weighted by Gasteiger charge is -2.06. The van der Waals surface area contributed by atoms with Crippen LogP contribution >= 0.6 is 0 Å². The van der Waals surface area contributed by atoms with E-state index in [4.69, 9.17) is 8.94 Å². The summed E-state index contributed by atoms with van der Waals surface area (Å²) < 4.78 is 10.2. The van der Waals surface area contributed by atoms with Crippen LogP contribution in [-0.2, 0) is 0 Å². The number of rotatable bonds is 5. The lowest BCUT2D eigenvalue weighted by molar-refractivity contribution is -0.402. The van der Waals surface area contributed by atoms with Gasteiger partial charge in [-0.1, -0.05) is 23.4 Å². The third-order valence-corrected chi connectivity index (χ3v) is 3.72. The van der Waals surface area contributed by atoms with E-state index in [1.807, 2.05) is 0 Å². The topological polar surface area (TPSA) is 137 Å². The van der Waals surface area contributed by atoms with Crippen molar-refractivity contribution in [1.82, 2.24) is 15.1 Å². The second kappa shape index (κ2) is 7.11. The number of para-hydroxylation sites is 1. The Bertz CT molecular complexity index is 1150. The smallest absolute Gasteiger partial charge is 0.395 e. The zero-order chi connectivity index (χ0) is 19.5. The number of nitrogens with zero attached hydrogens (tertiary/aromatic N) is 4. The number of benzene rings is 1. The minimum atomic E-state index is -0.720. The van der Waals surface area contributed by atoms with Crippen LogP contribution in [0.3, 0.4) is 0 Å². The third kappa shape index (κ3) is 3.33. The van der Waals surface area contributed by atoms with Gasteiger partial charge in [-0.05, 0) is 30.3 Å². The Labute approximate surface area is 157 Å². The molecule has 0 atom stereocenters. The van der Waals surface area contributed by atoms with E-state index in [1.54, 1.807) is 48.7 Å². The molecule has 4 aromatic rings. The molecular weight excluding hydrogens is 366 g/mol. The van der Waals surface area contributed by atoms with Crippen molar-refractivity contribution in [2.45, 2.75) is 0 Å². The number of nitrogens with one attached hydrogen (secondary N) is 1. The van der Waals surface area contributed by atoms with Crippen molar-refractivity contribution in [1.29, 1.82) is 0 Å². The monoisotopic (exact) mass is 377 g/mol. The van der Waals surface area contributed by atoms with E-state index < -0.39 is 16.7 Å². The van der Waals surface area contributed by atoms with Crippen LogP contribution in [0.4, 0.5) is 11.6 Å². The highest BCUT2D eigenvalue weighted by Gasteiger charge is 2.20. The van der Waals surface area contributed by atoms with E-state index in [2.05, 4.69) is 20.4 Å². The molecule has 0 saturated heterocycles. The fraction of sp³-hybridized carbons (Fsp3) is 0. The Morgan fingerprint density at radius 3 is 2.64 bits per heavy atom. The zero-order valence-electron chi connectivity index (χ0n) is 14.1. The van der Waals surface area contributed by atoms with Gasteiger partial charge < -0.3 is 14.3 Å². The van der Waals surface area contributed by atoms with E-state index in [0.29, 0.717) is 22.8 Å². The van der Waals surface area contributed by atoms with Crippen LogP contribution in [0.5, 0.6) is 0 Å². The number of nitro groups is 1. The van der Waals surface area contributed by atoms with Crippen LogP contribution in [0.2, 0.25) is 0 Å². The van der Waals surface area contributed by atoms with Gasteiger partial charge in [0.15, 0.2) is 5.76 Å². The second-order valence-corrected chi connectivity index (χ2v) is 5.53. The Morgan fingerprint density at radius 2 is 1.89 bits per heavy atom. The normalized spacial score (nSPS) is 10.6. The summed E-state index contributed by atoms with van der Waals surface area (Å²) in [6.45, 7) is 0. The fourth-order valence-corrected chi connectivity index (χ4v) is 2.44. The number of aromatic nitrogens is 3. The SMILES string of the molecule is O=C(Nc1ccccc1-c1nc(-c2ccccn2)no1)c1ccc([N+](=O)[O-])o1. The number of carbonyl (C=O) groups excluding carboxylic acids is 1. The van der Waals surface area contributed by atoms with E-state index in [-0.39, 0.29) is 11.7 Å². The van der Waals surface area contributed by atoms with Gasteiger partial charge in [-0.25, -0.2) is 0 Å². The van der Waals surface area contributed by atoms with Crippen molar-refractivity contribution >= 4 is 17.5 Å². The molecule has 0 spiro atoms. The molecule has 1 N–H and O–H groups in total. The molecule has 1 amide bonds. The molecule has 28 heavy (non-hydrogen) atoms. The quantitative estimate of drug-likeness (QED) is 0.412. The minimum absolute atomic E-state index is 0.182. The first kappa shape index (κ1) is 17.1. The summed E-state index contributed by atoms with van der Waals surface area (Å²) >= 11 is 0. The number of furan rings is 1. The lowest BCUT2D eigenvalue weighted by Crippen LogP contribution is -2.11. The number of pyridine rings is 1. The molecule has 10 heteroatoms. The largest absolute Gasteiger partial charge is 0.433 e. The van der Waals surface area contributed by atoms with Gasteiger partial charge in [0.1, 0.15) is 10.6 Å². The summed E-state index contributed by atoms with van der Waals surface area (Å²) in [5.74, 6) is -0.873. The minimum Gasteiger partial charge on any atom is -0.395 e. The zero-order valence-corrected chi connectivity index (χ0v) is 14.1. The molecule has 0 aliphatic heterocycles. The Kier molecular flexibility index (Phi) is 4.34. The summed E-state index contributed by atoms with van der Waals surface area (Å²) in [6.07, 6.45) is 1.61. The maximum atomic E-state index is 12.4. The van der Waals surface area contributed by atoms with Crippen LogP contribution in [0.1, 0.15) is 10.6 Å². The highest BCUT2D eigenvalue weighted by molar-refractivity contribution is 6.04. The predicted octanol–water partition coefficient (Wildman–Crippen LogP) is 3.55. The predicted molar refractivity (Wildman–Crippen MR) is 96.3 cm³/mol. The first-order chi connectivity index (χ1) is 13.6. The van der Waals surface area contributed by atoms with Crippen molar-refractivity contribution in [2.75, 3.05) is 5.32 Å². The van der Waals surface area contributed by atoms with Crippen LogP contribution in [0.15, 0.2) is 69.7 Å². The van der Waals surface area contributed by atoms with E-state index in [1.165, 1.54) is 6.07 Å². The molecule has 138 valence electrons. The molecule has 3 aromatic heterocycles. The summed E-state index contributed by atoms with van der Waals surface area (Å²) in [7, 11) is 0. The molecule has 0 aliphatic rings. The first-order valence-corrected chi connectivity index (χ1v) is 8.02. The van der Waals surface area contributed by atoms with Gasteiger partial charge in [0.05, 0.1) is 17.3 Å². The van der Waals surface area contributed by atoms with Gasteiger partial charge in [0.2, 0.25) is 5.82 Å². The van der Waals surface area contributed by atoms with E-state index in [9.17, 15) is 14.9 Å². The van der Waals surface area contributed by atoms with Crippen molar-refractivity contribution < 1.29 is 18.7 Å². The molecule has 0 radical (unpaired) electrons. The molecule has 10 nitrogen and oxygen atoms in total. The van der Waals surface area contributed by atoms with Crippen LogP contribution in [0.25, 0.3) is 23.0 Å². The molecule has 4 rings (SSSR count). The second-order valence-electron chi connectivity index (χ2n) is 5.53.